The van der Waals surface area contributed by atoms with E-state index >= 15 is 0 Å². The third-order valence-corrected chi connectivity index (χ3v) is 4.41. The maximum Gasteiger partial charge on any atom is 0.233 e. The summed E-state index contributed by atoms with van der Waals surface area (Å²) in [6.45, 7) is 0. The Hall–Kier alpha value is -4.33. The van der Waals surface area contributed by atoms with Gasteiger partial charge in [-0.25, -0.2) is 4.39 Å². The molecule has 0 saturated heterocycles. The van der Waals surface area contributed by atoms with Gasteiger partial charge >= 0.3 is 0 Å². The third-order valence-electron chi connectivity index (χ3n) is 4.41. The lowest BCUT2D eigenvalue weighted by Crippen LogP contribution is -2.21. The van der Waals surface area contributed by atoms with Gasteiger partial charge in [-0.1, -0.05) is 12.1 Å². The highest BCUT2D eigenvalue weighted by Gasteiger charge is 2.11. The SMILES string of the molecule is O=C(CC(=O)Nc1ccc2c(/C=C/c3ccccn3)n[nH]c2c1)Nc1cccc(F)c1. The summed E-state index contributed by atoms with van der Waals surface area (Å²) in [7, 11) is 0. The number of amides is 2. The molecule has 4 aromatic rings. The molecule has 0 saturated carbocycles. The number of pyridine rings is 1. The minimum atomic E-state index is -0.535. The third kappa shape index (κ3) is 5.18. The maximum absolute atomic E-state index is 13.2. The van der Waals surface area contributed by atoms with Crippen LogP contribution in [0.5, 0.6) is 0 Å². The van der Waals surface area contributed by atoms with E-state index in [4.69, 9.17) is 0 Å². The predicted molar refractivity (Wildman–Crippen MR) is 118 cm³/mol. The minimum Gasteiger partial charge on any atom is -0.326 e. The molecule has 2 aromatic heterocycles. The van der Waals surface area contributed by atoms with Gasteiger partial charge in [0.2, 0.25) is 11.8 Å². The summed E-state index contributed by atoms with van der Waals surface area (Å²) in [6, 6.07) is 16.4. The van der Waals surface area contributed by atoms with E-state index in [0.29, 0.717) is 11.4 Å². The molecule has 0 bridgehead atoms. The van der Waals surface area contributed by atoms with Crippen molar-refractivity contribution in [3.8, 4) is 0 Å². The number of rotatable bonds is 6. The Labute approximate surface area is 177 Å². The number of fused-ring (bicyclic) bond motifs is 1. The summed E-state index contributed by atoms with van der Waals surface area (Å²) < 4.78 is 13.2. The molecule has 0 atom stereocenters. The highest BCUT2D eigenvalue weighted by Crippen LogP contribution is 2.22. The molecule has 0 unspecified atom stereocenters. The average Bonchev–Trinajstić information content (AvgIpc) is 3.15. The first-order chi connectivity index (χ1) is 15.1. The van der Waals surface area contributed by atoms with Gasteiger partial charge in [0.15, 0.2) is 0 Å². The number of halogens is 1. The van der Waals surface area contributed by atoms with E-state index in [-0.39, 0.29) is 0 Å². The lowest BCUT2D eigenvalue weighted by atomic mass is 10.1. The maximum atomic E-state index is 13.2. The molecule has 4 rings (SSSR count). The molecule has 154 valence electrons. The van der Waals surface area contributed by atoms with Crippen LogP contribution < -0.4 is 10.6 Å². The van der Waals surface area contributed by atoms with Gasteiger partial charge in [0.05, 0.1) is 16.9 Å². The quantitative estimate of drug-likeness (QED) is 0.410. The molecule has 0 spiro atoms. The van der Waals surface area contributed by atoms with Gasteiger partial charge in [-0.15, -0.1) is 0 Å². The van der Waals surface area contributed by atoms with Crippen molar-refractivity contribution in [2.75, 3.05) is 10.6 Å². The van der Waals surface area contributed by atoms with E-state index < -0.39 is 24.1 Å². The molecule has 2 aromatic carbocycles. The number of carbonyl (C=O) groups excluding carboxylic acids is 2. The number of nitrogens with zero attached hydrogens (tertiary/aromatic N) is 2. The summed E-state index contributed by atoms with van der Waals surface area (Å²) in [4.78, 5) is 28.4. The van der Waals surface area contributed by atoms with Crippen LogP contribution in [0.1, 0.15) is 17.8 Å². The highest BCUT2D eigenvalue weighted by atomic mass is 19.1. The first-order valence-electron chi connectivity index (χ1n) is 9.49. The molecule has 31 heavy (non-hydrogen) atoms. The van der Waals surface area contributed by atoms with Gasteiger partial charge in [0.1, 0.15) is 12.2 Å². The Morgan fingerprint density at radius 3 is 2.48 bits per heavy atom. The molecule has 2 heterocycles. The van der Waals surface area contributed by atoms with Gasteiger partial charge in [-0.3, -0.25) is 19.7 Å². The van der Waals surface area contributed by atoms with Crippen LogP contribution in [0.25, 0.3) is 23.1 Å². The van der Waals surface area contributed by atoms with Crippen LogP contribution in [0.4, 0.5) is 15.8 Å². The molecule has 0 aliphatic carbocycles. The average molecular weight is 415 g/mol. The Bertz CT molecular complexity index is 1270. The molecular formula is C23H18FN5O2. The normalized spacial score (nSPS) is 11.0. The van der Waals surface area contributed by atoms with E-state index in [0.717, 1.165) is 22.3 Å². The fourth-order valence-electron chi connectivity index (χ4n) is 3.01. The largest absolute Gasteiger partial charge is 0.326 e. The van der Waals surface area contributed by atoms with E-state index in [1.165, 1.54) is 18.2 Å². The molecule has 0 radical (unpaired) electrons. The van der Waals surface area contributed by atoms with E-state index in [1.54, 1.807) is 24.4 Å². The summed E-state index contributed by atoms with van der Waals surface area (Å²) >= 11 is 0. The number of carbonyl (C=O) groups is 2. The summed E-state index contributed by atoms with van der Waals surface area (Å²) in [5, 5.41) is 13.3. The fraction of sp³-hybridized carbons (Fsp3) is 0.0435. The van der Waals surface area contributed by atoms with Crippen molar-refractivity contribution in [2.45, 2.75) is 6.42 Å². The number of aromatic nitrogens is 3. The number of aromatic amines is 1. The molecule has 7 nitrogen and oxygen atoms in total. The second kappa shape index (κ2) is 9.00. The van der Waals surface area contributed by atoms with Crippen LogP contribution in [0.3, 0.4) is 0 Å². The number of anilines is 2. The van der Waals surface area contributed by atoms with Gasteiger partial charge in [0.25, 0.3) is 0 Å². The number of H-pyrrole nitrogens is 1. The second-order valence-electron chi connectivity index (χ2n) is 6.74. The number of hydrogen-bond donors (Lipinski definition) is 3. The smallest absolute Gasteiger partial charge is 0.233 e. The molecular weight excluding hydrogens is 397 g/mol. The van der Waals surface area contributed by atoms with Crippen molar-refractivity contribution in [3.05, 3.63) is 84.1 Å². The highest BCUT2D eigenvalue weighted by molar-refractivity contribution is 6.08. The first-order valence-corrected chi connectivity index (χ1v) is 9.49. The number of benzene rings is 2. The lowest BCUT2D eigenvalue weighted by Gasteiger charge is -2.07. The van der Waals surface area contributed by atoms with Gasteiger partial charge in [-0.2, -0.15) is 5.10 Å². The van der Waals surface area contributed by atoms with Crippen LogP contribution in [0.15, 0.2) is 66.9 Å². The van der Waals surface area contributed by atoms with E-state index in [2.05, 4.69) is 25.8 Å². The summed E-state index contributed by atoms with van der Waals surface area (Å²) in [5.41, 5.74) is 3.12. The Morgan fingerprint density at radius 1 is 0.935 bits per heavy atom. The second-order valence-corrected chi connectivity index (χ2v) is 6.74. The summed E-state index contributed by atoms with van der Waals surface area (Å²) in [5.74, 6) is -1.49. The van der Waals surface area contributed by atoms with Crippen LogP contribution in [0, 0.1) is 5.82 Å². The zero-order valence-corrected chi connectivity index (χ0v) is 16.3. The topological polar surface area (TPSA) is 99.8 Å². The van der Waals surface area contributed by atoms with Gasteiger partial charge in [-0.05, 0) is 60.7 Å². The molecule has 8 heteroatoms. The monoisotopic (exact) mass is 415 g/mol. The standard InChI is InChI=1S/C23H18FN5O2/c24-15-4-3-6-17(12-15)26-22(30)14-23(31)27-18-7-9-19-20(28-29-21(19)13-18)10-8-16-5-1-2-11-25-16/h1-13H,14H2,(H,26,30)(H,27,31)(H,28,29)/b10-8+. The predicted octanol–water partition coefficient (Wildman–Crippen LogP) is 4.23. The lowest BCUT2D eigenvalue weighted by molar-refractivity contribution is -0.123. The molecule has 3 N–H and O–H groups in total. The number of nitrogens with one attached hydrogen (secondary N) is 3. The number of hydrogen-bond acceptors (Lipinski definition) is 4. The Kier molecular flexibility index (Phi) is 5.79. The van der Waals surface area contributed by atoms with Crippen molar-refractivity contribution in [1.29, 1.82) is 0 Å². The fourth-order valence-corrected chi connectivity index (χ4v) is 3.01. The zero-order chi connectivity index (χ0) is 21.6. The summed E-state index contributed by atoms with van der Waals surface area (Å²) in [6.07, 6.45) is 5.05. The van der Waals surface area contributed by atoms with Crippen molar-refractivity contribution < 1.29 is 14.0 Å². The van der Waals surface area contributed by atoms with Gasteiger partial charge < -0.3 is 10.6 Å². The van der Waals surface area contributed by atoms with Crippen LogP contribution in [0.2, 0.25) is 0 Å². The van der Waals surface area contributed by atoms with Crippen molar-refractivity contribution in [1.82, 2.24) is 15.2 Å². The van der Waals surface area contributed by atoms with Crippen molar-refractivity contribution >= 4 is 46.2 Å². The van der Waals surface area contributed by atoms with E-state index in [9.17, 15) is 14.0 Å². The Morgan fingerprint density at radius 2 is 1.74 bits per heavy atom. The first kappa shape index (κ1) is 20.0. The minimum absolute atomic E-state index is 0.294. The van der Waals surface area contributed by atoms with Crippen LogP contribution in [-0.4, -0.2) is 27.0 Å². The van der Waals surface area contributed by atoms with Crippen molar-refractivity contribution in [3.63, 3.8) is 0 Å². The molecule has 2 amide bonds. The van der Waals surface area contributed by atoms with E-state index in [1.807, 2.05) is 36.4 Å². The van der Waals surface area contributed by atoms with Crippen molar-refractivity contribution in [2.24, 2.45) is 0 Å². The Balaban J connectivity index is 1.39. The van der Waals surface area contributed by atoms with Crippen LogP contribution in [-0.2, 0) is 9.59 Å². The zero-order valence-electron chi connectivity index (χ0n) is 16.3. The van der Waals surface area contributed by atoms with Crippen LogP contribution >= 0.6 is 0 Å². The molecule has 0 aliphatic heterocycles. The molecule has 0 aliphatic rings. The van der Waals surface area contributed by atoms with Gasteiger partial charge in [0, 0.05) is 23.0 Å². The molecule has 0 fully saturated rings.